The fraction of sp³-hybridized carbons (Fsp3) is 0.143. The molecule has 4 heteroatoms. The second kappa shape index (κ2) is 4.23. The number of nitrogens with zero attached hydrogens (tertiary/aromatic N) is 3. The summed E-state index contributed by atoms with van der Waals surface area (Å²) in [5, 5.41) is 5.60. The maximum absolute atomic E-state index is 5.67. The number of hydrogen-bond acceptors (Lipinski definition) is 3. The summed E-state index contributed by atoms with van der Waals surface area (Å²) in [6.45, 7) is 0.492. The molecule has 0 aliphatic carbocycles. The van der Waals surface area contributed by atoms with Crippen molar-refractivity contribution in [2.24, 2.45) is 12.8 Å². The third-order valence-corrected chi connectivity index (χ3v) is 3.02. The number of rotatable bonds is 2. The van der Waals surface area contributed by atoms with Gasteiger partial charge in [0.2, 0.25) is 0 Å². The van der Waals surface area contributed by atoms with Crippen LogP contribution >= 0.6 is 0 Å². The first kappa shape index (κ1) is 10.9. The number of aromatic nitrogens is 3. The van der Waals surface area contributed by atoms with Crippen LogP contribution < -0.4 is 5.73 Å². The van der Waals surface area contributed by atoms with Crippen molar-refractivity contribution in [1.29, 1.82) is 0 Å². The van der Waals surface area contributed by atoms with Gasteiger partial charge in [-0.15, -0.1) is 0 Å². The second-order valence-corrected chi connectivity index (χ2v) is 4.26. The average molecular weight is 238 g/mol. The van der Waals surface area contributed by atoms with Gasteiger partial charge in [-0.25, -0.2) is 9.67 Å². The van der Waals surface area contributed by atoms with Crippen molar-refractivity contribution in [2.45, 2.75) is 6.54 Å². The molecular formula is C14H14N4. The quantitative estimate of drug-likeness (QED) is 0.743. The van der Waals surface area contributed by atoms with E-state index in [1.54, 1.807) is 10.9 Å². The lowest BCUT2D eigenvalue weighted by Crippen LogP contribution is -1.97. The van der Waals surface area contributed by atoms with Gasteiger partial charge in [-0.2, -0.15) is 5.10 Å². The second-order valence-electron chi connectivity index (χ2n) is 4.26. The molecular weight excluding hydrogens is 224 g/mol. The van der Waals surface area contributed by atoms with Gasteiger partial charge < -0.3 is 5.73 Å². The Hall–Kier alpha value is -2.20. The average Bonchev–Trinajstić information content (AvgIpc) is 2.76. The lowest BCUT2D eigenvalue weighted by molar-refractivity contribution is 0.789. The molecule has 0 aliphatic rings. The minimum Gasteiger partial charge on any atom is -0.326 e. The summed E-state index contributed by atoms with van der Waals surface area (Å²) in [7, 11) is 1.91. The molecule has 90 valence electrons. The van der Waals surface area contributed by atoms with E-state index < -0.39 is 0 Å². The first-order chi connectivity index (χ1) is 8.79. The Labute approximate surface area is 105 Å². The number of fused-ring (bicyclic) bond motifs is 1. The molecule has 0 aliphatic heterocycles. The van der Waals surface area contributed by atoms with Crippen LogP contribution in [-0.4, -0.2) is 14.8 Å². The van der Waals surface area contributed by atoms with Crippen molar-refractivity contribution in [2.75, 3.05) is 0 Å². The van der Waals surface area contributed by atoms with Crippen LogP contribution in [-0.2, 0) is 13.6 Å². The number of pyridine rings is 1. The van der Waals surface area contributed by atoms with E-state index in [0.717, 1.165) is 27.9 Å². The third kappa shape index (κ3) is 1.67. The largest absolute Gasteiger partial charge is 0.326 e. The summed E-state index contributed by atoms with van der Waals surface area (Å²) < 4.78 is 1.80. The topological polar surface area (TPSA) is 56.7 Å². The van der Waals surface area contributed by atoms with Gasteiger partial charge in [0.15, 0.2) is 5.65 Å². The fourth-order valence-electron chi connectivity index (χ4n) is 2.11. The van der Waals surface area contributed by atoms with Gasteiger partial charge in [0, 0.05) is 30.7 Å². The Morgan fingerprint density at radius 1 is 1.22 bits per heavy atom. The highest BCUT2D eigenvalue weighted by Crippen LogP contribution is 2.26. The van der Waals surface area contributed by atoms with Crippen molar-refractivity contribution < 1.29 is 0 Å². The molecule has 0 saturated heterocycles. The SMILES string of the molecule is Cn1nc(-c2ccccc2)c2cc(CN)cnc21. The van der Waals surface area contributed by atoms with Gasteiger partial charge >= 0.3 is 0 Å². The molecule has 0 saturated carbocycles. The summed E-state index contributed by atoms with van der Waals surface area (Å²) in [5.41, 5.74) is 9.62. The smallest absolute Gasteiger partial charge is 0.158 e. The Morgan fingerprint density at radius 3 is 2.72 bits per heavy atom. The first-order valence-corrected chi connectivity index (χ1v) is 5.86. The third-order valence-electron chi connectivity index (χ3n) is 3.02. The summed E-state index contributed by atoms with van der Waals surface area (Å²) in [4.78, 5) is 4.42. The van der Waals surface area contributed by atoms with Gasteiger partial charge in [-0.1, -0.05) is 30.3 Å². The van der Waals surface area contributed by atoms with Crippen LogP contribution in [0.4, 0.5) is 0 Å². The highest BCUT2D eigenvalue weighted by atomic mass is 15.3. The van der Waals surface area contributed by atoms with E-state index in [2.05, 4.69) is 28.3 Å². The highest BCUT2D eigenvalue weighted by Gasteiger charge is 2.11. The van der Waals surface area contributed by atoms with Gasteiger partial charge in [0.25, 0.3) is 0 Å². The number of nitrogens with two attached hydrogens (primary N) is 1. The Morgan fingerprint density at radius 2 is 2.00 bits per heavy atom. The monoisotopic (exact) mass is 238 g/mol. The fourth-order valence-corrected chi connectivity index (χ4v) is 2.11. The van der Waals surface area contributed by atoms with Crippen LogP contribution in [0, 0.1) is 0 Å². The molecule has 2 heterocycles. The minimum absolute atomic E-state index is 0.492. The standard InChI is InChI=1S/C14H14N4/c1-18-14-12(7-10(8-15)9-16-14)13(17-18)11-5-3-2-4-6-11/h2-7,9H,8,15H2,1H3. The van der Waals surface area contributed by atoms with E-state index in [4.69, 9.17) is 5.73 Å². The van der Waals surface area contributed by atoms with E-state index in [1.807, 2.05) is 25.2 Å². The number of hydrogen-bond donors (Lipinski definition) is 1. The zero-order chi connectivity index (χ0) is 12.5. The zero-order valence-corrected chi connectivity index (χ0v) is 10.2. The minimum atomic E-state index is 0.492. The van der Waals surface area contributed by atoms with Gasteiger partial charge in [0.05, 0.1) is 0 Å². The number of benzene rings is 1. The van der Waals surface area contributed by atoms with Crippen LogP contribution in [0.1, 0.15) is 5.56 Å². The van der Waals surface area contributed by atoms with Gasteiger partial charge in [0.1, 0.15) is 5.69 Å². The van der Waals surface area contributed by atoms with Gasteiger partial charge in [-0.05, 0) is 11.6 Å². The maximum Gasteiger partial charge on any atom is 0.158 e. The Kier molecular flexibility index (Phi) is 2.57. The highest BCUT2D eigenvalue weighted by molar-refractivity contribution is 5.91. The van der Waals surface area contributed by atoms with E-state index in [9.17, 15) is 0 Å². The lowest BCUT2D eigenvalue weighted by atomic mass is 10.1. The normalized spacial score (nSPS) is 11.0. The number of aryl methyl sites for hydroxylation is 1. The zero-order valence-electron chi connectivity index (χ0n) is 10.2. The van der Waals surface area contributed by atoms with Crippen LogP contribution in [0.5, 0.6) is 0 Å². The summed E-state index contributed by atoms with van der Waals surface area (Å²) >= 11 is 0. The van der Waals surface area contributed by atoms with Crippen LogP contribution in [0.2, 0.25) is 0 Å². The predicted molar refractivity (Wildman–Crippen MR) is 71.8 cm³/mol. The maximum atomic E-state index is 5.67. The van der Waals surface area contributed by atoms with E-state index in [-0.39, 0.29) is 0 Å². The van der Waals surface area contributed by atoms with Crippen LogP contribution in [0.15, 0.2) is 42.6 Å². The van der Waals surface area contributed by atoms with E-state index >= 15 is 0 Å². The van der Waals surface area contributed by atoms with Gasteiger partial charge in [-0.3, -0.25) is 0 Å². The molecule has 0 radical (unpaired) electrons. The molecule has 0 atom stereocenters. The lowest BCUT2D eigenvalue weighted by Gasteiger charge is -1.99. The van der Waals surface area contributed by atoms with Crippen molar-refractivity contribution in [1.82, 2.24) is 14.8 Å². The summed E-state index contributed by atoms with van der Waals surface area (Å²) in [6, 6.07) is 12.2. The Bertz CT molecular complexity index is 686. The first-order valence-electron chi connectivity index (χ1n) is 5.86. The molecule has 4 nitrogen and oxygen atoms in total. The molecule has 0 amide bonds. The molecule has 2 N–H and O–H groups in total. The molecule has 0 bridgehead atoms. The molecule has 0 spiro atoms. The van der Waals surface area contributed by atoms with Crippen molar-refractivity contribution in [3.8, 4) is 11.3 Å². The van der Waals surface area contributed by atoms with Crippen molar-refractivity contribution in [3.63, 3.8) is 0 Å². The van der Waals surface area contributed by atoms with Crippen molar-refractivity contribution in [3.05, 3.63) is 48.2 Å². The van der Waals surface area contributed by atoms with Crippen LogP contribution in [0.3, 0.4) is 0 Å². The summed E-state index contributed by atoms with van der Waals surface area (Å²) in [5.74, 6) is 0. The molecule has 0 fully saturated rings. The van der Waals surface area contributed by atoms with E-state index in [0.29, 0.717) is 6.54 Å². The van der Waals surface area contributed by atoms with Crippen LogP contribution in [0.25, 0.3) is 22.3 Å². The molecule has 0 unspecified atom stereocenters. The molecule has 3 rings (SSSR count). The molecule has 2 aromatic heterocycles. The molecule has 1 aromatic carbocycles. The summed E-state index contributed by atoms with van der Waals surface area (Å²) in [6.07, 6.45) is 1.80. The predicted octanol–water partition coefficient (Wildman–Crippen LogP) is 2.09. The van der Waals surface area contributed by atoms with E-state index in [1.165, 1.54) is 0 Å². The van der Waals surface area contributed by atoms with Crippen molar-refractivity contribution >= 4 is 11.0 Å². The molecule has 3 aromatic rings. The Balaban J connectivity index is 2.29. The molecule has 18 heavy (non-hydrogen) atoms.